The van der Waals surface area contributed by atoms with Crippen molar-refractivity contribution in [2.45, 2.75) is 33.2 Å². The number of hydrogen-bond donors (Lipinski definition) is 0. The van der Waals surface area contributed by atoms with Gasteiger partial charge in [0.15, 0.2) is 0 Å². The molecule has 1 saturated heterocycles. The number of benzene rings is 2. The molecule has 0 aliphatic carbocycles. The van der Waals surface area contributed by atoms with Crippen LogP contribution < -0.4 is 0 Å². The minimum atomic E-state index is 0.0465. The summed E-state index contributed by atoms with van der Waals surface area (Å²) >= 11 is 0. The Bertz CT molecular complexity index is 658. The molecule has 1 amide bonds. The average Bonchev–Trinajstić information content (AvgIpc) is 2.63. The van der Waals surface area contributed by atoms with Gasteiger partial charge in [-0.15, -0.1) is 0 Å². The first-order valence-corrected chi connectivity index (χ1v) is 9.56. The molecule has 1 aliphatic heterocycles. The number of hydrogen-bond acceptors (Lipinski definition) is 2. The normalized spacial score (nSPS) is 16.1. The first-order chi connectivity index (χ1) is 12.4. The van der Waals surface area contributed by atoms with Crippen molar-refractivity contribution in [2.75, 3.05) is 26.2 Å². The van der Waals surface area contributed by atoms with Crippen molar-refractivity contribution in [2.24, 2.45) is 5.41 Å². The molecule has 0 atom stereocenters. The van der Waals surface area contributed by atoms with Gasteiger partial charge in [0.25, 0.3) is 0 Å². The number of carbonyl (C=O) groups is 1. The second-order valence-electron chi connectivity index (χ2n) is 8.38. The fraction of sp³-hybridized carbons (Fsp3) is 0.435. The van der Waals surface area contributed by atoms with E-state index in [4.69, 9.17) is 0 Å². The molecule has 0 bridgehead atoms. The second-order valence-corrected chi connectivity index (χ2v) is 8.38. The van der Waals surface area contributed by atoms with Crippen molar-refractivity contribution in [1.82, 2.24) is 9.80 Å². The highest BCUT2D eigenvalue weighted by atomic mass is 16.2. The lowest BCUT2D eigenvalue weighted by Crippen LogP contribution is -2.50. The number of rotatable bonds is 4. The molecule has 1 heterocycles. The molecule has 0 spiro atoms. The molecule has 2 aromatic rings. The van der Waals surface area contributed by atoms with Gasteiger partial charge in [-0.3, -0.25) is 9.69 Å². The van der Waals surface area contributed by atoms with Crippen LogP contribution in [-0.4, -0.2) is 41.9 Å². The van der Waals surface area contributed by atoms with Crippen LogP contribution in [0.4, 0.5) is 0 Å². The van der Waals surface area contributed by atoms with Crippen molar-refractivity contribution in [3.8, 4) is 0 Å². The van der Waals surface area contributed by atoms with E-state index in [0.717, 1.165) is 26.2 Å². The summed E-state index contributed by atoms with van der Waals surface area (Å²) in [4.78, 5) is 17.1. The van der Waals surface area contributed by atoms with Crippen LogP contribution in [0.15, 0.2) is 60.7 Å². The zero-order chi connectivity index (χ0) is 18.6. The molecule has 2 aromatic carbocycles. The molecule has 1 aliphatic rings. The van der Waals surface area contributed by atoms with Crippen LogP contribution in [0.1, 0.15) is 44.4 Å². The van der Waals surface area contributed by atoms with E-state index in [0.29, 0.717) is 6.42 Å². The summed E-state index contributed by atoms with van der Waals surface area (Å²) in [6.07, 6.45) is 0.619. The standard InChI is InChI=1S/C23H30N2O/c1-23(2,3)18-21(26)24-14-16-25(17-15-24)22(19-10-6-4-7-11-19)20-12-8-5-9-13-20/h4-13,22H,14-18H2,1-3H3. The maximum atomic E-state index is 12.5. The van der Waals surface area contributed by atoms with Gasteiger partial charge in [0.2, 0.25) is 5.91 Å². The lowest BCUT2D eigenvalue weighted by atomic mass is 9.91. The second kappa shape index (κ2) is 8.05. The predicted octanol–water partition coefficient (Wildman–Crippen LogP) is 4.36. The van der Waals surface area contributed by atoms with E-state index in [1.165, 1.54) is 11.1 Å². The molecule has 1 fully saturated rings. The van der Waals surface area contributed by atoms with Gasteiger partial charge in [-0.25, -0.2) is 0 Å². The van der Waals surface area contributed by atoms with E-state index in [1.54, 1.807) is 0 Å². The molecule has 138 valence electrons. The first kappa shape index (κ1) is 18.7. The molecule has 3 rings (SSSR count). The topological polar surface area (TPSA) is 23.6 Å². The summed E-state index contributed by atoms with van der Waals surface area (Å²) in [6, 6.07) is 21.6. The zero-order valence-corrected chi connectivity index (χ0v) is 16.2. The van der Waals surface area contributed by atoms with E-state index in [9.17, 15) is 4.79 Å². The summed E-state index contributed by atoms with van der Waals surface area (Å²) < 4.78 is 0. The summed E-state index contributed by atoms with van der Waals surface area (Å²) in [7, 11) is 0. The highest BCUT2D eigenvalue weighted by Crippen LogP contribution is 2.30. The van der Waals surface area contributed by atoms with E-state index < -0.39 is 0 Å². The highest BCUT2D eigenvalue weighted by Gasteiger charge is 2.29. The fourth-order valence-electron chi connectivity index (χ4n) is 3.68. The van der Waals surface area contributed by atoms with Crippen molar-refractivity contribution in [1.29, 1.82) is 0 Å². The SMILES string of the molecule is CC(C)(C)CC(=O)N1CCN(C(c2ccccc2)c2ccccc2)CC1. The molecule has 0 unspecified atom stereocenters. The molecule has 0 saturated carbocycles. The molecular formula is C23H30N2O. The number of amides is 1. The van der Waals surface area contributed by atoms with E-state index in [2.05, 4.69) is 86.3 Å². The molecule has 26 heavy (non-hydrogen) atoms. The van der Waals surface area contributed by atoms with Crippen molar-refractivity contribution in [3.05, 3.63) is 71.8 Å². The number of piperazine rings is 1. The quantitative estimate of drug-likeness (QED) is 0.818. The number of carbonyl (C=O) groups excluding carboxylic acids is 1. The summed E-state index contributed by atoms with van der Waals surface area (Å²) in [5, 5.41) is 0. The Labute approximate surface area is 157 Å². The zero-order valence-electron chi connectivity index (χ0n) is 16.2. The molecule has 0 radical (unpaired) electrons. The van der Waals surface area contributed by atoms with Gasteiger partial charge >= 0.3 is 0 Å². The fourth-order valence-corrected chi connectivity index (χ4v) is 3.68. The summed E-state index contributed by atoms with van der Waals surface area (Å²) in [5.41, 5.74) is 2.67. The Balaban J connectivity index is 1.73. The minimum Gasteiger partial charge on any atom is -0.340 e. The summed E-state index contributed by atoms with van der Waals surface area (Å²) in [5.74, 6) is 0.285. The third-order valence-corrected chi connectivity index (χ3v) is 4.94. The van der Waals surface area contributed by atoms with Gasteiger partial charge in [0.1, 0.15) is 0 Å². The minimum absolute atomic E-state index is 0.0465. The predicted molar refractivity (Wildman–Crippen MR) is 107 cm³/mol. The van der Waals surface area contributed by atoms with Crippen LogP contribution in [0.5, 0.6) is 0 Å². The van der Waals surface area contributed by atoms with Crippen LogP contribution in [0, 0.1) is 5.41 Å². The molecule has 3 heteroatoms. The van der Waals surface area contributed by atoms with Gasteiger partial charge in [-0.1, -0.05) is 81.4 Å². The van der Waals surface area contributed by atoms with Crippen molar-refractivity contribution in [3.63, 3.8) is 0 Å². The Hall–Kier alpha value is -2.13. The maximum Gasteiger partial charge on any atom is 0.223 e. The number of nitrogens with zero attached hydrogens (tertiary/aromatic N) is 2. The van der Waals surface area contributed by atoms with Gasteiger partial charge in [0.05, 0.1) is 6.04 Å². The van der Waals surface area contributed by atoms with Gasteiger partial charge < -0.3 is 4.90 Å². The van der Waals surface area contributed by atoms with Gasteiger partial charge in [0, 0.05) is 32.6 Å². The smallest absolute Gasteiger partial charge is 0.223 e. The van der Waals surface area contributed by atoms with Crippen molar-refractivity contribution >= 4 is 5.91 Å². The van der Waals surface area contributed by atoms with E-state index >= 15 is 0 Å². The maximum absolute atomic E-state index is 12.5. The monoisotopic (exact) mass is 350 g/mol. The molecule has 0 N–H and O–H groups in total. The molecule has 0 aromatic heterocycles. The van der Waals surface area contributed by atoms with Crippen LogP contribution in [0.3, 0.4) is 0 Å². The Kier molecular flexibility index (Phi) is 5.77. The Morgan fingerprint density at radius 1 is 0.846 bits per heavy atom. The Morgan fingerprint density at radius 3 is 1.73 bits per heavy atom. The lowest BCUT2D eigenvalue weighted by molar-refractivity contribution is -0.135. The lowest BCUT2D eigenvalue weighted by Gasteiger charge is -2.40. The third kappa shape index (κ3) is 4.73. The van der Waals surface area contributed by atoms with Crippen LogP contribution in [-0.2, 0) is 4.79 Å². The first-order valence-electron chi connectivity index (χ1n) is 9.56. The van der Waals surface area contributed by atoms with Gasteiger partial charge in [-0.2, -0.15) is 0 Å². The van der Waals surface area contributed by atoms with Gasteiger partial charge in [-0.05, 0) is 16.5 Å². The third-order valence-electron chi connectivity index (χ3n) is 4.94. The Morgan fingerprint density at radius 2 is 1.31 bits per heavy atom. The highest BCUT2D eigenvalue weighted by molar-refractivity contribution is 5.76. The molecular weight excluding hydrogens is 320 g/mol. The van der Waals surface area contributed by atoms with Crippen molar-refractivity contribution < 1.29 is 4.79 Å². The molecule has 3 nitrogen and oxygen atoms in total. The van der Waals surface area contributed by atoms with Crippen LogP contribution in [0.2, 0.25) is 0 Å². The van der Waals surface area contributed by atoms with Crippen LogP contribution >= 0.6 is 0 Å². The van der Waals surface area contributed by atoms with Crippen LogP contribution in [0.25, 0.3) is 0 Å². The summed E-state index contributed by atoms with van der Waals surface area (Å²) in [6.45, 7) is 9.82. The average molecular weight is 351 g/mol. The largest absolute Gasteiger partial charge is 0.340 e. The van der Waals surface area contributed by atoms with E-state index in [-0.39, 0.29) is 17.4 Å². The van der Waals surface area contributed by atoms with E-state index in [1.807, 2.05) is 4.90 Å².